The molecule has 1 aromatic carbocycles. The summed E-state index contributed by atoms with van der Waals surface area (Å²) in [6.07, 6.45) is 0. The fourth-order valence-corrected chi connectivity index (χ4v) is 2.38. The molecule has 5 heteroatoms. The summed E-state index contributed by atoms with van der Waals surface area (Å²) in [5, 5.41) is 3.66. The molecule has 2 rings (SSSR count). The van der Waals surface area contributed by atoms with Gasteiger partial charge in [0, 0.05) is 10.6 Å². The van der Waals surface area contributed by atoms with Crippen LogP contribution in [0.25, 0.3) is 0 Å². The van der Waals surface area contributed by atoms with E-state index in [4.69, 9.17) is 16.3 Å². The van der Waals surface area contributed by atoms with Gasteiger partial charge in [-0.25, -0.2) is 0 Å². The Morgan fingerprint density at radius 3 is 2.89 bits per heavy atom. The molecule has 0 saturated heterocycles. The molecule has 1 heterocycles. The Hall–Kier alpha value is -1.26. The standard InChI is InChI=1S/C14H19ClN2O2/c1-3-17(4-2)8-14(18)16-12-9-19-13-6-5-10(15)7-11(12)13/h5-7,12H,3-4,8-9H2,1-2H3,(H,16,18). The first-order valence-corrected chi connectivity index (χ1v) is 6.95. The molecule has 1 unspecified atom stereocenters. The molecule has 0 bridgehead atoms. The minimum atomic E-state index is -0.100. The molecule has 104 valence electrons. The predicted molar refractivity (Wildman–Crippen MR) is 75.6 cm³/mol. The van der Waals surface area contributed by atoms with Crippen molar-refractivity contribution in [3.8, 4) is 5.75 Å². The maximum Gasteiger partial charge on any atom is 0.234 e. The van der Waals surface area contributed by atoms with Gasteiger partial charge in [-0.1, -0.05) is 25.4 Å². The SMILES string of the molecule is CCN(CC)CC(=O)NC1COc2ccc(Cl)cc21. The van der Waals surface area contributed by atoms with Crippen molar-refractivity contribution in [1.82, 2.24) is 10.2 Å². The number of nitrogens with one attached hydrogen (secondary N) is 1. The second-order valence-electron chi connectivity index (χ2n) is 4.57. The Morgan fingerprint density at radius 1 is 1.47 bits per heavy atom. The second-order valence-corrected chi connectivity index (χ2v) is 5.01. The van der Waals surface area contributed by atoms with Crippen molar-refractivity contribution in [1.29, 1.82) is 0 Å². The van der Waals surface area contributed by atoms with Gasteiger partial charge in [0.1, 0.15) is 12.4 Å². The number of hydrogen-bond acceptors (Lipinski definition) is 3. The topological polar surface area (TPSA) is 41.6 Å². The number of hydrogen-bond donors (Lipinski definition) is 1. The molecule has 1 N–H and O–H groups in total. The average Bonchev–Trinajstić information content (AvgIpc) is 2.78. The van der Waals surface area contributed by atoms with E-state index < -0.39 is 0 Å². The number of benzene rings is 1. The lowest BCUT2D eigenvalue weighted by Gasteiger charge is -2.19. The van der Waals surface area contributed by atoms with Crippen molar-refractivity contribution in [2.45, 2.75) is 19.9 Å². The highest BCUT2D eigenvalue weighted by atomic mass is 35.5. The first-order valence-electron chi connectivity index (χ1n) is 6.58. The molecule has 0 aromatic heterocycles. The quantitative estimate of drug-likeness (QED) is 0.900. The maximum absolute atomic E-state index is 12.0. The van der Waals surface area contributed by atoms with Gasteiger partial charge in [-0.3, -0.25) is 9.69 Å². The highest BCUT2D eigenvalue weighted by molar-refractivity contribution is 6.30. The Balaban J connectivity index is 1.99. The van der Waals surface area contributed by atoms with E-state index in [2.05, 4.69) is 10.2 Å². The van der Waals surface area contributed by atoms with E-state index in [1.165, 1.54) is 0 Å². The van der Waals surface area contributed by atoms with Crippen LogP contribution in [0.1, 0.15) is 25.5 Å². The zero-order valence-corrected chi connectivity index (χ0v) is 12.0. The van der Waals surface area contributed by atoms with Crippen LogP contribution in [-0.2, 0) is 4.79 Å². The van der Waals surface area contributed by atoms with Gasteiger partial charge in [0.05, 0.1) is 12.6 Å². The number of ether oxygens (including phenoxy) is 1. The first-order chi connectivity index (χ1) is 9.13. The fourth-order valence-electron chi connectivity index (χ4n) is 2.20. The largest absolute Gasteiger partial charge is 0.491 e. The van der Waals surface area contributed by atoms with Gasteiger partial charge in [-0.05, 0) is 31.3 Å². The molecule has 1 atom stereocenters. The molecular weight excluding hydrogens is 264 g/mol. The Morgan fingerprint density at radius 2 is 2.21 bits per heavy atom. The summed E-state index contributed by atoms with van der Waals surface area (Å²) in [4.78, 5) is 14.1. The number of carbonyl (C=O) groups is 1. The molecule has 0 saturated carbocycles. The van der Waals surface area contributed by atoms with Crippen molar-refractivity contribution in [2.75, 3.05) is 26.2 Å². The summed E-state index contributed by atoms with van der Waals surface area (Å²) >= 11 is 5.98. The molecule has 1 aromatic rings. The van der Waals surface area contributed by atoms with E-state index in [0.29, 0.717) is 18.2 Å². The zero-order valence-electron chi connectivity index (χ0n) is 11.3. The molecule has 19 heavy (non-hydrogen) atoms. The Kier molecular flexibility index (Phi) is 4.66. The second kappa shape index (κ2) is 6.26. The third-order valence-corrected chi connectivity index (χ3v) is 3.58. The lowest BCUT2D eigenvalue weighted by atomic mass is 10.1. The summed E-state index contributed by atoms with van der Waals surface area (Å²) in [7, 11) is 0. The van der Waals surface area contributed by atoms with Crippen LogP contribution in [0.2, 0.25) is 5.02 Å². The normalized spacial score (nSPS) is 17.2. The van der Waals surface area contributed by atoms with Crippen LogP contribution in [0, 0.1) is 0 Å². The molecule has 4 nitrogen and oxygen atoms in total. The number of likely N-dealkylation sites (N-methyl/N-ethyl adjacent to an activating group) is 1. The fraction of sp³-hybridized carbons (Fsp3) is 0.500. The van der Waals surface area contributed by atoms with Crippen molar-refractivity contribution in [3.05, 3.63) is 28.8 Å². The van der Waals surface area contributed by atoms with Crippen molar-refractivity contribution in [2.24, 2.45) is 0 Å². The van der Waals surface area contributed by atoms with Gasteiger partial charge in [-0.2, -0.15) is 0 Å². The summed E-state index contributed by atoms with van der Waals surface area (Å²) < 4.78 is 5.54. The van der Waals surface area contributed by atoms with Crippen molar-refractivity contribution < 1.29 is 9.53 Å². The smallest absolute Gasteiger partial charge is 0.234 e. The molecule has 0 radical (unpaired) electrons. The van der Waals surface area contributed by atoms with Gasteiger partial charge >= 0.3 is 0 Å². The van der Waals surface area contributed by atoms with E-state index in [-0.39, 0.29) is 11.9 Å². The van der Waals surface area contributed by atoms with E-state index in [1.54, 1.807) is 6.07 Å². The van der Waals surface area contributed by atoms with Gasteiger partial charge in [0.15, 0.2) is 0 Å². The van der Waals surface area contributed by atoms with Gasteiger partial charge < -0.3 is 10.1 Å². The predicted octanol–water partition coefficient (Wildman–Crippen LogP) is 2.23. The van der Waals surface area contributed by atoms with Crippen LogP contribution in [-0.4, -0.2) is 37.0 Å². The minimum Gasteiger partial charge on any atom is -0.491 e. The van der Waals surface area contributed by atoms with Crippen LogP contribution < -0.4 is 10.1 Å². The molecule has 1 aliphatic rings. The summed E-state index contributed by atoms with van der Waals surface area (Å²) in [5.41, 5.74) is 0.959. The third-order valence-electron chi connectivity index (χ3n) is 3.35. The summed E-state index contributed by atoms with van der Waals surface area (Å²) in [6, 6.07) is 5.39. The molecule has 1 amide bonds. The third kappa shape index (κ3) is 3.39. The van der Waals surface area contributed by atoms with Gasteiger partial charge in [-0.15, -0.1) is 0 Å². The number of halogens is 1. The van der Waals surface area contributed by atoms with Crippen molar-refractivity contribution >= 4 is 17.5 Å². The molecule has 0 fully saturated rings. The van der Waals surface area contributed by atoms with Gasteiger partial charge in [0.25, 0.3) is 0 Å². The first kappa shape index (κ1) is 14.2. The molecule has 0 spiro atoms. The van der Waals surface area contributed by atoms with Crippen LogP contribution in [0.5, 0.6) is 5.75 Å². The summed E-state index contributed by atoms with van der Waals surface area (Å²) in [6.45, 7) is 6.72. The lowest BCUT2D eigenvalue weighted by molar-refractivity contribution is -0.123. The van der Waals surface area contributed by atoms with Crippen molar-refractivity contribution in [3.63, 3.8) is 0 Å². The Bertz CT molecular complexity index is 461. The van der Waals surface area contributed by atoms with Crippen LogP contribution in [0.15, 0.2) is 18.2 Å². The van der Waals surface area contributed by atoms with Crippen LogP contribution >= 0.6 is 11.6 Å². The molecule has 0 aliphatic carbocycles. The summed E-state index contributed by atoms with van der Waals surface area (Å²) in [5.74, 6) is 0.822. The average molecular weight is 283 g/mol. The number of nitrogens with zero attached hydrogens (tertiary/aromatic N) is 1. The minimum absolute atomic E-state index is 0.0186. The number of carbonyl (C=O) groups excluding carboxylic acids is 1. The maximum atomic E-state index is 12.0. The van der Waals surface area contributed by atoms with Gasteiger partial charge in [0.2, 0.25) is 5.91 Å². The zero-order chi connectivity index (χ0) is 13.8. The lowest BCUT2D eigenvalue weighted by Crippen LogP contribution is -2.39. The monoisotopic (exact) mass is 282 g/mol. The Labute approximate surface area is 118 Å². The highest BCUT2D eigenvalue weighted by Gasteiger charge is 2.26. The molecular formula is C14H19ClN2O2. The number of fused-ring (bicyclic) bond motifs is 1. The van der Waals surface area contributed by atoms with E-state index in [9.17, 15) is 4.79 Å². The van der Waals surface area contributed by atoms with Crippen LogP contribution in [0.3, 0.4) is 0 Å². The van der Waals surface area contributed by atoms with E-state index in [0.717, 1.165) is 24.4 Å². The highest BCUT2D eigenvalue weighted by Crippen LogP contribution is 2.34. The molecule has 1 aliphatic heterocycles. The van der Waals surface area contributed by atoms with Crippen LogP contribution in [0.4, 0.5) is 0 Å². The van der Waals surface area contributed by atoms with E-state index in [1.807, 2.05) is 26.0 Å². The number of amides is 1. The van der Waals surface area contributed by atoms with E-state index >= 15 is 0 Å². The number of rotatable bonds is 5.